The molecule has 0 saturated carbocycles. The van der Waals surface area contributed by atoms with E-state index in [1.54, 1.807) is 52.3 Å². The van der Waals surface area contributed by atoms with Crippen molar-refractivity contribution >= 4 is 27.9 Å². The first-order chi connectivity index (χ1) is 16.4. The highest BCUT2D eigenvalue weighted by Crippen LogP contribution is 2.14. The summed E-state index contributed by atoms with van der Waals surface area (Å²) in [5.41, 5.74) is 1.35. The van der Waals surface area contributed by atoms with Crippen LogP contribution in [0.4, 0.5) is 0 Å². The van der Waals surface area contributed by atoms with E-state index in [2.05, 4.69) is 4.72 Å². The molecule has 2 amide bonds. The molecule has 0 bridgehead atoms. The molecule has 3 aromatic rings. The SMILES string of the molecule is O=C(/C=C/c1ccc(S(=O)(=O)NCc2ccco2)cc1)N1CCN(C(=O)c2ccccc2)CC1. The number of furan rings is 1. The Bertz CT molecular complexity index is 1250. The molecule has 176 valence electrons. The lowest BCUT2D eigenvalue weighted by molar-refractivity contribution is -0.127. The van der Waals surface area contributed by atoms with Gasteiger partial charge in [0.15, 0.2) is 0 Å². The Morgan fingerprint density at radius 1 is 0.882 bits per heavy atom. The normalized spacial score (nSPS) is 14.5. The average molecular weight is 480 g/mol. The van der Waals surface area contributed by atoms with Gasteiger partial charge in [-0.25, -0.2) is 13.1 Å². The topological polar surface area (TPSA) is 99.9 Å². The Morgan fingerprint density at radius 2 is 1.56 bits per heavy atom. The first-order valence-electron chi connectivity index (χ1n) is 10.9. The van der Waals surface area contributed by atoms with E-state index in [0.717, 1.165) is 0 Å². The number of sulfonamides is 1. The number of piperazine rings is 1. The second kappa shape index (κ2) is 10.5. The molecule has 1 fully saturated rings. The number of nitrogens with zero attached hydrogens (tertiary/aromatic N) is 2. The van der Waals surface area contributed by atoms with Crippen LogP contribution in [0.25, 0.3) is 6.08 Å². The molecule has 1 N–H and O–H groups in total. The molecular formula is C25H25N3O5S. The smallest absolute Gasteiger partial charge is 0.253 e. The Balaban J connectivity index is 1.29. The van der Waals surface area contributed by atoms with Gasteiger partial charge in [-0.3, -0.25) is 9.59 Å². The molecule has 1 aliphatic heterocycles. The number of hydrogen-bond donors (Lipinski definition) is 1. The van der Waals surface area contributed by atoms with Crippen molar-refractivity contribution < 1.29 is 22.4 Å². The first kappa shape index (κ1) is 23.5. The highest BCUT2D eigenvalue weighted by atomic mass is 32.2. The van der Waals surface area contributed by atoms with E-state index in [9.17, 15) is 18.0 Å². The minimum absolute atomic E-state index is 0.0306. The molecule has 1 saturated heterocycles. The van der Waals surface area contributed by atoms with Gasteiger partial charge in [0.25, 0.3) is 5.91 Å². The van der Waals surface area contributed by atoms with E-state index in [0.29, 0.717) is 43.1 Å². The van der Waals surface area contributed by atoms with Crippen molar-refractivity contribution in [3.63, 3.8) is 0 Å². The van der Waals surface area contributed by atoms with Crippen LogP contribution in [0, 0.1) is 0 Å². The minimum Gasteiger partial charge on any atom is -0.468 e. The summed E-state index contributed by atoms with van der Waals surface area (Å²) < 4.78 is 32.5. The summed E-state index contributed by atoms with van der Waals surface area (Å²) in [5, 5.41) is 0. The van der Waals surface area contributed by atoms with E-state index in [1.165, 1.54) is 24.5 Å². The molecule has 0 spiro atoms. The number of benzene rings is 2. The van der Waals surface area contributed by atoms with Crippen LogP contribution in [-0.2, 0) is 21.4 Å². The standard InChI is InChI=1S/C25H25N3O5S/c29-24(27-14-16-28(17-15-27)25(30)21-5-2-1-3-6-21)13-10-20-8-11-23(12-9-20)34(31,32)26-19-22-7-4-18-33-22/h1-13,18,26H,14-17,19H2/b13-10+. The third kappa shape index (κ3) is 5.81. The van der Waals surface area contributed by atoms with Crippen molar-refractivity contribution in [2.75, 3.05) is 26.2 Å². The van der Waals surface area contributed by atoms with Gasteiger partial charge in [-0.1, -0.05) is 30.3 Å². The minimum atomic E-state index is -3.68. The zero-order valence-electron chi connectivity index (χ0n) is 18.5. The van der Waals surface area contributed by atoms with E-state index < -0.39 is 10.0 Å². The van der Waals surface area contributed by atoms with Gasteiger partial charge in [0.05, 0.1) is 17.7 Å². The van der Waals surface area contributed by atoms with Crippen LogP contribution in [0.3, 0.4) is 0 Å². The molecule has 9 heteroatoms. The molecule has 2 aromatic carbocycles. The van der Waals surface area contributed by atoms with Crippen LogP contribution in [0.15, 0.2) is 88.4 Å². The Labute approximate surface area is 198 Å². The lowest BCUT2D eigenvalue weighted by Crippen LogP contribution is -2.50. The maximum atomic E-state index is 12.6. The van der Waals surface area contributed by atoms with Crippen molar-refractivity contribution in [3.8, 4) is 0 Å². The predicted octanol–water partition coefficient (Wildman–Crippen LogP) is 2.76. The number of nitrogens with one attached hydrogen (secondary N) is 1. The summed E-state index contributed by atoms with van der Waals surface area (Å²) in [4.78, 5) is 28.7. The summed E-state index contributed by atoms with van der Waals surface area (Å²) >= 11 is 0. The lowest BCUT2D eigenvalue weighted by atomic mass is 10.1. The molecule has 4 rings (SSSR count). The van der Waals surface area contributed by atoms with Crippen molar-refractivity contribution in [2.24, 2.45) is 0 Å². The van der Waals surface area contributed by atoms with Crippen LogP contribution in [0.2, 0.25) is 0 Å². The number of hydrogen-bond acceptors (Lipinski definition) is 5. The quantitative estimate of drug-likeness (QED) is 0.526. The van der Waals surface area contributed by atoms with Crippen LogP contribution in [0.5, 0.6) is 0 Å². The second-order valence-electron chi connectivity index (χ2n) is 7.79. The first-order valence-corrected chi connectivity index (χ1v) is 12.3. The second-order valence-corrected chi connectivity index (χ2v) is 9.56. The number of amides is 2. The number of carbonyl (C=O) groups excluding carboxylic acids is 2. The third-order valence-electron chi connectivity index (χ3n) is 5.52. The summed E-state index contributed by atoms with van der Waals surface area (Å²) in [6.45, 7) is 1.94. The third-order valence-corrected chi connectivity index (χ3v) is 6.94. The molecule has 0 aliphatic carbocycles. The van der Waals surface area contributed by atoms with Gasteiger partial charge >= 0.3 is 0 Å². The molecule has 1 aliphatic rings. The fraction of sp³-hybridized carbons (Fsp3) is 0.200. The van der Waals surface area contributed by atoms with Gasteiger partial charge in [0, 0.05) is 37.8 Å². The maximum absolute atomic E-state index is 12.6. The van der Waals surface area contributed by atoms with Gasteiger partial charge in [0.2, 0.25) is 15.9 Å². The van der Waals surface area contributed by atoms with E-state index in [1.807, 2.05) is 18.2 Å². The summed E-state index contributed by atoms with van der Waals surface area (Å²) in [7, 11) is -3.68. The molecule has 8 nitrogen and oxygen atoms in total. The fourth-order valence-corrected chi connectivity index (χ4v) is 4.58. The Morgan fingerprint density at radius 3 is 2.21 bits per heavy atom. The molecule has 0 radical (unpaired) electrons. The summed E-state index contributed by atoms with van der Waals surface area (Å²) in [6.07, 6.45) is 4.60. The van der Waals surface area contributed by atoms with Gasteiger partial charge in [-0.2, -0.15) is 0 Å². The largest absolute Gasteiger partial charge is 0.468 e. The van der Waals surface area contributed by atoms with E-state index in [4.69, 9.17) is 4.42 Å². The number of rotatable bonds is 7. The van der Waals surface area contributed by atoms with Gasteiger partial charge in [-0.05, 0) is 48.0 Å². The maximum Gasteiger partial charge on any atom is 0.253 e. The molecule has 1 aromatic heterocycles. The van der Waals surface area contributed by atoms with Crippen LogP contribution < -0.4 is 4.72 Å². The van der Waals surface area contributed by atoms with Crippen LogP contribution in [0.1, 0.15) is 21.7 Å². The summed E-state index contributed by atoms with van der Waals surface area (Å²) in [5.74, 6) is 0.340. The van der Waals surface area contributed by atoms with Crippen LogP contribution in [-0.4, -0.2) is 56.2 Å². The van der Waals surface area contributed by atoms with Crippen molar-refractivity contribution in [1.29, 1.82) is 0 Å². The molecule has 34 heavy (non-hydrogen) atoms. The van der Waals surface area contributed by atoms with Gasteiger partial charge in [-0.15, -0.1) is 0 Å². The molecule has 0 atom stereocenters. The zero-order valence-corrected chi connectivity index (χ0v) is 19.3. The number of carbonyl (C=O) groups is 2. The predicted molar refractivity (Wildman–Crippen MR) is 127 cm³/mol. The Hall–Kier alpha value is -3.69. The van der Waals surface area contributed by atoms with Gasteiger partial charge in [0.1, 0.15) is 5.76 Å². The highest BCUT2D eigenvalue weighted by Gasteiger charge is 2.23. The average Bonchev–Trinajstić information content (AvgIpc) is 3.40. The van der Waals surface area contributed by atoms with E-state index >= 15 is 0 Å². The van der Waals surface area contributed by atoms with E-state index in [-0.39, 0.29) is 23.3 Å². The van der Waals surface area contributed by atoms with Crippen molar-refractivity contribution in [3.05, 3.63) is 96.0 Å². The Kier molecular flexibility index (Phi) is 7.24. The molecular weight excluding hydrogens is 454 g/mol. The monoisotopic (exact) mass is 479 g/mol. The highest BCUT2D eigenvalue weighted by molar-refractivity contribution is 7.89. The lowest BCUT2D eigenvalue weighted by Gasteiger charge is -2.34. The van der Waals surface area contributed by atoms with Crippen molar-refractivity contribution in [1.82, 2.24) is 14.5 Å². The van der Waals surface area contributed by atoms with Crippen molar-refractivity contribution in [2.45, 2.75) is 11.4 Å². The molecule has 2 heterocycles. The molecule has 0 unspecified atom stereocenters. The fourth-order valence-electron chi connectivity index (χ4n) is 3.59. The summed E-state index contributed by atoms with van der Waals surface area (Å²) in [6, 6.07) is 18.7. The van der Waals surface area contributed by atoms with Crippen LogP contribution >= 0.6 is 0 Å². The zero-order chi connectivity index (χ0) is 24.0. The van der Waals surface area contributed by atoms with Gasteiger partial charge < -0.3 is 14.2 Å².